The summed E-state index contributed by atoms with van der Waals surface area (Å²) in [5, 5.41) is 9.42. The van der Waals surface area contributed by atoms with E-state index in [1.807, 2.05) is 0 Å². The number of benzene rings is 1. The largest absolute Gasteiger partial charge is 0.480 e. The van der Waals surface area contributed by atoms with Crippen molar-refractivity contribution >= 4 is 35.1 Å². The molecule has 1 rings (SSSR count). The van der Waals surface area contributed by atoms with E-state index < -0.39 is 11.9 Å². The Bertz CT molecular complexity index is 476. The Labute approximate surface area is 115 Å². The smallest absolute Gasteiger partial charge is 0.323 e. The molecule has 0 saturated heterocycles. The summed E-state index contributed by atoms with van der Waals surface area (Å²) in [4.78, 5) is 23.7. The van der Waals surface area contributed by atoms with Gasteiger partial charge < -0.3 is 10.0 Å². The Balaban J connectivity index is 2.85. The highest BCUT2D eigenvalue weighted by molar-refractivity contribution is 6.42. The third-order valence-electron chi connectivity index (χ3n) is 2.56. The number of carboxylic acid groups (broad SMARTS) is 1. The third kappa shape index (κ3) is 3.62. The maximum Gasteiger partial charge on any atom is 0.323 e. The molecular weight excluding hydrogens is 277 g/mol. The van der Waals surface area contributed by atoms with E-state index in [1.54, 1.807) is 25.1 Å². The van der Waals surface area contributed by atoms with Crippen LogP contribution in [0.3, 0.4) is 0 Å². The van der Waals surface area contributed by atoms with Gasteiger partial charge in [-0.15, -0.1) is 0 Å². The van der Waals surface area contributed by atoms with E-state index in [2.05, 4.69) is 0 Å². The lowest BCUT2D eigenvalue weighted by Gasteiger charge is -2.20. The minimum atomic E-state index is -1.05. The maximum absolute atomic E-state index is 12.0. The molecule has 1 atom stereocenters. The molecule has 6 heteroatoms. The number of carboxylic acids is 1. The van der Waals surface area contributed by atoms with Gasteiger partial charge >= 0.3 is 5.97 Å². The van der Waals surface area contributed by atoms with E-state index in [9.17, 15) is 9.59 Å². The van der Waals surface area contributed by atoms with Gasteiger partial charge in [0.25, 0.3) is 0 Å². The second-order valence-electron chi connectivity index (χ2n) is 3.98. The fraction of sp³-hybridized carbons (Fsp3) is 0.333. The van der Waals surface area contributed by atoms with Gasteiger partial charge in [-0.2, -0.15) is 0 Å². The minimum Gasteiger partial charge on any atom is -0.480 e. The van der Waals surface area contributed by atoms with Gasteiger partial charge in [0.05, 0.1) is 16.0 Å². The molecule has 0 heterocycles. The Morgan fingerprint density at radius 3 is 2.44 bits per heavy atom. The van der Waals surface area contributed by atoms with Crippen LogP contribution < -0.4 is 0 Å². The first-order valence-corrected chi connectivity index (χ1v) is 6.00. The summed E-state index contributed by atoms with van der Waals surface area (Å²) < 4.78 is 0. The van der Waals surface area contributed by atoms with Gasteiger partial charge in [0.1, 0.15) is 6.54 Å². The second-order valence-corrected chi connectivity index (χ2v) is 4.80. The highest BCUT2D eigenvalue weighted by Crippen LogP contribution is 2.27. The van der Waals surface area contributed by atoms with Crippen molar-refractivity contribution in [2.24, 2.45) is 0 Å². The average Bonchev–Trinajstić information content (AvgIpc) is 2.30. The zero-order valence-electron chi connectivity index (χ0n) is 9.98. The van der Waals surface area contributed by atoms with Gasteiger partial charge in [0.15, 0.2) is 0 Å². The molecule has 0 aliphatic heterocycles. The Hall–Kier alpha value is -1.26. The Morgan fingerprint density at radius 2 is 1.94 bits per heavy atom. The van der Waals surface area contributed by atoms with E-state index in [1.165, 1.54) is 7.05 Å². The van der Waals surface area contributed by atoms with Crippen molar-refractivity contribution in [1.29, 1.82) is 0 Å². The number of halogens is 2. The summed E-state index contributed by atoms with van der Waals surface area (Å²) in [6.07, 6.45) is 0. The number of nitrogens with zero attached hydrogens (tertiary/aromatic N) is 1. The molecule has 1 aromatic rings. The van der Waals surface area contributed by atoms with E-state index >= 15 is 0 Å². The van der Waals surface area contributed by atoms with Crippen LogP contribution in [0.15, 0.2) is 18.2 Å². The fourth-order valence-electron chi connectivity index (χ4n) is 1.54. The van der Waals surface area contributed by atoms with Crippen LogP contribution in [-0.4, -0.2) is 35.5 Å². The number of hydrogen-bond donors (Lipinski definition) is 1. The minimum absolute atomic E-state index is 0.282. The maximum atomic E-state index is 12.0. The number of aliphatic carboxylic acids is 1. The van der Waals surface area contributed by atoms with Gasteiger partial charge in [0.2, 0.25) is 5.91 Å². The van der Waals surface area contributed by atoms with Crippen LogP contribution in [0.2, 0.25) is 10.0 Å². The zero-order chi connectivity index (χ0) is 13.9. The molecule has 4 nitrogen and oxygen atoms in total. The standard InChI is InChI=1S/C12H13Cl2NO3/c1-7(12(18)15(2)6-11(16)17)8-3-4-9(13)10(14)5-8/h3-5,7H,6H2,1-2H3,(H,16,17). The molecule has 0 spiro atoms. The van der Waals surface area contributed by atoms with Crippen LogP contribution in [0.4, 0.5) is 0 Å². The number of carbonyl (C=O) groups is 2. The van der Waals surface area contributed by atoms with Crippen molar-refractivity contribution in [1.82, 2.24) is 4.90 Å². The van der Waals surface area contributed by atoms with Gasteiger partial charge in [-0.1, -0.05) is 29.3 Å². The molecule has 0 aliphatic carbocycles. The Kier molecular flexibility index (Phi) is 4.99. The van der Waals surface area contributed by atoms with E-state index in [4.69, 9.17) is 28.3 Å². The predicted molar refractivity (Wildman–Crippen MR) is 70.1 cm³/mol. The van der Waals surface area contributed by atoms with Crippen LogP contribution in [0.25, 0.3) is 0 Å². The lowest BCUT2D eigenvalue weighted by molar-refractivity contribution is -0.143. The summed E-state index contributed by atoms with van der Waals surface area (Å²) in [6.45, 7) is 1.37. The molecule has 98 valence electrons. The van der Waals surface area contributed by atoms with Gasteiger partial charge in [-0.05, 0) is 24.6 Å². The number of likely N-dealkylation sites (N-methyl/N-ethyl adjacent to an activating group) is 1. The van der Waals surface area contributed by atoms with Crippen LogP contribution in [0.5, 0.6) is 0 Å². The second kappa shape index (κ2) is 6.07. The summed E-state index contributed by atoms with van der Waals surface area (Å²) in [7, 11) is 1.45. The van der Waals surface area contributed by atoms with E-state index in [0.717, 1.165) is 4.90 Å². The molecule has 1 unspecified atom stereocenters. The Morgan fingerprint density at radius 1 is 1.33 bits per heavy atom. The van der Waals surface area contributed by atoms with Crippen molar-refractivity contribution < 1.29 is 14.7 Å². The third-order valence-corrected chi connectivity index (χ3v) is 3.30. The van der Waals surface area contributed by atoms with Crippen molar-refractivity contribution in [2.45, 2.75) is 12.8 Å². The van der Waals surface area contributed by atoms with Crippen molar-refractivity contribution in [3.05, 3.63) is 33.8 Å². The lowest BCUT2D eigenvalue weighted by atomic mass is 10.00. The van der Waals surface area contributed by atoms with Crippen LogP contribution in [0.1, 0.15) is 18.4 Å². The molecular formula is C12H13Cl2NO3. The van der Waals surface area contributed by atoms with E-state index in [-0.39, 0.29) is 12.5 Å². The lowest BCUT2D eigenvalue weighted by Crippen LogP contribution is -2.34. The first-order valence-electron chi connectivity index (χ1n) is 5.24. The average molecular weight is 290 g/mol. The topological polar surface area (TPSA) is 57.6 Å². The first-order chi connectivity index (χ1) is 8.32. The summed E-state index contributed by atoms with van der Waals surface area (Å²) in [5.41, 5.74) is 0.701. The summed E-state index contributed by atoms with van der Waals surface area (Å²) in [5.74, 6) is -1.80. The van der Waals surface area contributed by atoms with E-state index in [0.29, 0.717) is 15.6 Å². The van der Waals surface area contributed by atoms with Crippen LogP contribution >= 0.6 is 23.2 Å². The van der Waals surface area contributed by atoms with Crippen molar-refractivity contribution in [2.75, 3.05) is 13.6 Å². The summed E-state index contributed by atoms with van der Waals surface area (Å²) in [6, 6.07) is 4.92. The fourth-order valence-corrected chi connectivity index (χ4v) is 1.84. The van der Waals surface area contributed by atoms with Gasteiger partial charge in [0, 0.05) is 7.05 Å². The number of rotatable bonds is 4. The van der Waals surface area contributed by atoms with Crippen LogP contribution in [0, 0.1) is 0 Å². The van der Waals surface area contributed by atoms with Crippen molar-refractivity contribution in [3.8, 4) is 0 Å². The monoisotopic (exact) mass is 289 g/mol. The highest BCUT2D eigenvalue weighted by atomic mass is 35.5. The first kappa shape index (κ1) is 14.8. The molecule has 1 N–H and O–H groups in total. The number of hydrogen-bond acceptors (Lipinski definition) is 2. The quantitative estimate of drug-likeness (QED) is 0.927. The molecule has 1 aromatic carbocycles. The SMILES string of the molecule is CC(C(=O)N(C)CC(=O)O)c1ccc(Cl)c(Cl)c1. The molecule has 1 amide bonds. The molecule has 0 aliphatic rings. The molecule has 0 aromatic heterocycles. The molecule has 0 fully saturated rings. The highest BCUT2D eigenvalue weighted by Gasteiger charge is 2.21. The number of amides is 1. The van der Waals surface area contributed by atoms with Gasteiger partial charge in [-0.3, -0.25) is 9.59 Å². The summed E-state index contributed by atoms with van der Waals surface area (Å²) >= 11 is 11.7. The van der Waals surface area contributed by atoms with Crippen LogP contribution in [-0.2, 0) is 9.59 Å². The predicted octanol–water partition coefficient (Wildman–Crippen LogP) is 2.64. The molecule has 18 heavy (non-hydrogen) atoms. The molecule has 0 saturated carbocycles. The number of carbonyl (C=O) groups excluding carboxylic acids is 1. The zero-order valence-corrected chi connectivity index (χ0v) is 11.5. The van der Waals surface area contributed by atoms with Crippen molar-refractivity contribution in [3.63, 3.8) is 0 Å². The molecule has 0 bridgehead atoms. The van der Waals surface area contributed by atoms with Gasteiger partial charge in [-0.25, -0.2) is 0 Å². The normalized spacial score (nSPS) is 12.0. The molecule has 0 radical (unpaired) electrons.